The van der Waals surface area contributed by atoms with Crippen LogP contribution in [0.25, 0.3) is 0 Å². The van der Waals surface area contributed by atoms with E-state index in [2.05, 4.69) is 9.88 Å². The van der Waals surface area contributed by atoms with Crippen molar-refractivity contribution < 1.29 is 9.59 Å². The molecule has 1 saturated heterocycles. The summed E-state index contributed by atoms with van der Waals surface area (Å²) in [7, 11) is 0. The fourth-order valence-corrected chi connectivity index (χ4v) is 4.37. The Bertz CT molecular complexity index is 822. The summed E-state index contributed by atoms with van der Waals surface area (Å²) >= 11 is 1.54. The molecule has 1 fully saturated rings. The largest absolute Gasteiger partial charge is 0.339 e. The first-order valence-electron chi connectivity index (χ1n) is 9.13. The molecule has 7 heteroatoms. The van der Waals surface area contributed by atoms with Gasteiger partial charge in [-0.15, -0.1) is 11.8 Å². The third kappa shape index (κ3) is 4.14. The minimum absolute atomic E-state index is 0.000776. The van der Waals surface area contributed by atoms with E-state index in [1.807, 2.05) is 47.4 Å². The van der Waals surface area contributed by atoms with E-state index in [1.54, 1.807) is 11.1 Å². The molecule has 2 amide bonds. The summed E-state index contributed by atoms with van der Waals surface area (Å²) in [5, 5.41) is 0. The molecule has 3 heterocycles. The molecule has 1 aromatic carbocycles. The zero-order valence-corrected chi connectivity index (χ0v) is 15.9. The minimum Gasteiger partial charge on any atom is -0.339 e. The first-order valence-corrected chi connectivity index (χ1v) is 10.1. The quantitative estimate of drug-likeness (QED) is 0.808. The molecule has 2 aliphatic heterocycles. The second kappa shape index (κ2) is 8.10. The number of aromatic nitrogens is 1. The maximum absolute atomic E-state index is 12.8. The summed E-state index contributed by atoms with van der Waals surface area (Å²) in [6.45, 7) is 3.94. The lowest BCUT2D eigenvalue weighted by Crippen LogP contribution is -2.52. The molecular weight excluding hydrogens is 360 g/mol. The van der Waals surface area contributed by atoms with Gasteiger partial charge in [-0.25, -0.2) is 0 Å². The highest BCUT2D eigenvalue weighted by molar-refractivity contribution is 8.00. The van der Waals surface area contributed by atoms with Crippen molar-refractivity contribution in [2.24, 2.45) is 0 Å². The van der Waals surface area contributed by atoms with Gasteiger partial charge in [-0.1, -0.05) is 18.2 Å². The second-order valence-corrected chi connectivity index (χ2v) is 7.73. The van der Waals surface area contributed by atoms with Crippen LogP contribution < -0.4 is 4.90 Å². The summed E-state index contributed by atoms with van der Waals surface area (Å²) in [6, 6.07) is 13.7. The van der Waals surface area contributed by atoms with Crippen LogP contribution in [-0.2, 0) is 16.1 Å². The van der Waals surface area contributed by atoms with Crippen molar-refractivity contribution in [2.45, 2.75) is 11.4 Å². The number of benzene rings is 1. The number of para-hydroxylation sites is 1. The molecule has 0 atom stereocenters. The van der Waals surface area contributed by atoms with Crippen molar-refractivity contribution in [3.8, 4) is 0 Å². The van der Waals surface area contributed by atoms with Crippen molar-refractivity contribution in [1.82, 2.24) is 14.8 Å². The van der Waals surface area contributed by atoms with Crippen molar-refractivity contribution in [3.05, 3.63) is 54.4 Å². The van der Waals surface area contributed by atoms with Gasteiger partial charge in [0, 0.05) is 43.8 Å². The van der Waals surface area contributed by atoms with E-state index in [9.17, 15) is 9.59 Å². The number of carbonyl (C=O) groups excluding carboxylic acids is 2. The highest BCUT2D eigenvalue weighted by atomic mass is 32.2. The molecule has 140 valence electrons. The lowest BCUT2D eigenvalue weighted by Gasteiger charge is -2.36. The molecule has 6 nitrogen and oxygen atoms in total. The lowest BCUT2D eigenvalue weighted by molar-refractivity contribution is -0.132. The van der Waals surface area contributed by atoms with E-state index < -0.39 is 0 Å². The van der Waals surface area contributed by atoms with Crippen molar-refractivity contribution in [1.29, 1.82) is 0 Å². The van der Waals surface area contributed by atoms with Crippen LogP contribution in [0.15, 0.2) is 53.6 Å². The minimum atomic E-state index is 0.000776. The number of carbonyl (C=O) groups is 2. The van der Waals surface area contributed by atoms with Gasteiger partial charge in [-0.3, -0.25) is 19.5 Å². The zero-order valence-electron chi connectivity index (χ0n) is 15.1. The Morgan fingerprint density at radius 2 is 1.81 bits per heavy atom. The number of nitrogens with zero attached hydrogens (tertiary/aromatic N) is 4. The van der Waals surface area contributed by atoms with Crippen molar-refractivity contribution in [2.75, 3.05) is 43.4 Å². The number of piperazine rings is 1. The number of hydrogen-bond acceptors (Lipinski definition) is 5. The Morgan fingerprint density at radius 1 is 1.04 bits per heavy atom. The van der Waals surface area contributed by atoms with Crippen LogP contribution in [0.4, 0.5) is 5.69 Å². The number of amides is 2. The smallest absolute Gasteiger partial charge is 0.242 e. The van der Waals surface area contributed by atoms with Crippen LogP contribution in [0, 0.1) is 0 Å². The number of rotatable bonds is 4. The van der Waals surface area contributed by atoms with Gasteiger partial charge >= 0.3 is 0 Å². The van der Waals surface area contributed by atoms with Gasteiger partial charge in [0.1, 0.15) is 6.54 Å². The van der Waals surface area contributed by atoms with Crippen LogP contribution in [0.3, 0.4) is 0 Å². The Hall–Kier alpha value is -2.38. The zero-order chi connectivity index (χ0) is 18.6. The predicted octanol–water partition coefficient (Wildman–Crippen LogP) is 1.86. The molecular formula is C20H22N4O2S. The number of pyridine rings is 1. The highest BCUT2D eigenvalue weighted by Crippen LogP contribution is 2.34. The van der Waals surface area contributed by atoms with Gasteiger partial charge < -0.3 is 9.80 Å². The van der Waals surface area contributed by atoms with E-state index in [4.69, 9.17) is 0 Å². The third-order valence-electron chi connectivity index (χ3n) is 4.94. The number of anilines is 1. The number of hydrogen-bond donors (Lipinski definition) is 0. The molecule has 2 aromatic rings. The van der Waals surface area contributed by atoms with Crippen molar-refractivity contribution >= 4 is 29.3 Å². The summed E-state index contributed by atoms with van der Waals surface area (Å²) in [5.74, 6) is 0.408. The average Bonchev–Trinajstić information content (AvgIpc) is 2.71. The fraction of sp³-hybridized carbons (Fsp3) is 0.350. The molecule has 27 heavy (non-hydrogen) atoms. The number of thioether (sulfide) groups is 1. The summed E-state index contributed by atoms with van der Waals surface area (Å²) in [4.78, 5) is 36.4. The van der Waals surface area contributed by atoms with Crippen molar-refractivity contribution in [3.63, 3.8) is 0 Å². The average molecular weight is 382 g/mol. The normalized spacial score (nSPS) is 17.7. The topological polar surface area (TPSA) is 56.8 Å². The Labute approximate surface area is 163 Å². The first-order chi connectivity index (χ1) is 13.2. The number of fused-ring (bicyclic) bond motifs is 1. The Balaban J connectivity index is 1.34. The first kappa shape index (κ1) is 18.0. The highest BCUT2D eigenvalue weighted by Gasteiger charge is 2.29. The Morgan fingerprint density at radius 3 is 2.59 bits per heavy atom. The monoisotopic (exact) mass is 382 g/mol. The van der Waals surface area contributed by atoms with Gasteiger partial charge in [-0.2, -0.15) is 0 Å². The van der Waals surface area contributed by atoms with Gasteiger partial charge in [0.2, 0.25) is 11.8 Å². The lowest BCUT2D eigenvalue weighted by atomic mass is 10.2. The molecule has 0 N–H and O–H groups in total. The molecule has 4 rings (SSSR count). The summed E-state index contributed by atoms with van der Waals surface area (Å²) in [5.41, 5.74) is 1.89. The predicted molar refractivity (Wildman–Crippen MR) is 106 cm³/mol. The molecule has 0 spiro atoms. The van der Waals surface area contributed by atoms with Gasteiger partial charge in [0.25, 0.3) is 0 Å². The van der Waals surface area contributed by atoms with E-state index in [0.29, 0.717) is 18.8 Å². The van der Waals surface area contributed by atoms with Crippen LogP contribution in [0.5, 0.6) is 0 Å². The fourth-order valence-electron chi connectivity index (χ4n) is 3.44. The van der Waals surface area contributed by atoms with E-state index in [0.717, 1.165) is 35.9 Å². The molecule has 0 radical (unpaired) electrons. The maximum atomic E-state index is 12.8. The SMILES string of the molecule is O=C(CN1C(=O)CSc2ccccc21)N1CCN(Cc2ccccn2)CC1. The summed E-state index contributed by atoms with van der Waals surface area (Å²) in [6.07, 6.45) is 1.81. The molecule has 0 unspecified atom stereocenters. The van der Waals surface area contributed by atoms with Crippen LogP contribution in [0.1, 0.15) is 5.69 Å². The van der Waals surface area contributed by atoms with Crippen LogP contribution in [0.2, 0.25) is 0 Å². The maximum Gasteiger partial charge on any atom is 0.242 e. The Kier molecular flexibility index (Phi) is 5.40. The van der Waals surface area contributed by atoms with Gasteiger partial charge in [0.05, 0.1) is 17.1 Å². The van der Waals surface area contributed by atoms with Gasteiger partial charge in [0.15, 0.2) is 0 Å². The molecule has 0 saturated carbocycles. The van der Waals surface area contributed by atoms with E-state index >= 15 is 0 Å². The molecule has 0 bridgehead atoms. The van der Waals surface area contributed by atoms with Gasteiger partial charge in [-0.05, 0) is 24.3 Å². The summed E-state index contributed by atoms with van der Waals surface area (Å²) < 4.78 is 0. The second-order valence-electron chi connectivity index (χ2n) is 6.71. The van der Waals surface area contributed by atoms with E-state index in [-0.39, 0.29) is 18.4 Å². The molecule has 2 aliphatic rings. The molecule has 0 aliphatic carbocycles. The third-order valence-corrected chi connectivity index (χ3v) is 5.99. The van der Waals surface area contributed by atoms with Crippen LogP contribution >= 0.6 is 11.8 Å². The van der Waals surface area contributed by atoms with Crippen LogP contribution in [-0.4, -0.2) is 65.1 Å². The standard InChI is InChI=1S/C20H22N4O2S/c25-19(14-24-17-6-1-2-7-18(17)27-15-20(24)26)23-11-9-22(10-12-23)13-16-5-3-4-8-21-16/h1-8H,9-15H2. The molecule has 1 aromatic heterocycles. The van der Waals surface area contributed by atoms with E-state index in [1.165, 1.54) is 11.8 Å².